The van der Waals surface area contributed by atoms with Crippen molar-refractivity contribution in [1.29, 1.82) is 0 Å². The predicted octanol–water partition coefficient (Wildman–Crippen LogP) is 2.56. The average Bonchev–Trinajstić information content (AvgIpc) is 2.03. The lowest BCUT2D eigenvalue weighted by Crippen LogP contribution is -2.56. The van der Waals surface area contributed by atoms with E-state index in [1.165, 1.54) is 0 Å². The highest BCUT2D eigenvalue weighted by molar-refractivity contribution is 8.02. The molecule has 0 aliphatic rings. The summed E-state index contributed by atoms with van der Waals surface area (Å²) in [5.74, 6) is 0. The average molecular weight is 208 g/mol. The minimum absolute atomic E-state index is 0.890. The molecule has 0 radical (unpaired) electrons. The van der Waals surface area contributed by atoms with Crippen LogP contribution in [0.25, 0.3) is 0 Å². The van der Waals surface area contributed by atoms with Crippen molar-refractivity contribution in [3.63, 3.8) is 0 Å². The van der Waals surface area contributed by atoms with Crippen molar-refractivity contribution in [3.8, 4) is 0 Å². The molecule has 0 aliphatic heterocycles. The molecule has 0 saturated carbocycles. The van der Waals surface area contributed by atoms with E-state index in [0.29, 0.717) is 0 Å². The van der Waals surface area contributed by atoms with E-state index in [9.17, 15) is 0 Å². The molecule has 1 N–H and O–H groups in total. The highest BCUT2D eigenvalue weighted by atomic mass is 35.9. The van der Waals surface area contributed by atoms with Crippen molar-refractivity contribution in [1.82, 2.24) is 0 Å². The van der Waals surface area contributed by atoms with Crippen molar-refractivity contribution in [2.24, 2.45) is 4.88 Å². The molecule has 11 heavy (non-hydrogen) atoms. The van der Waals surface area contributed by atoms with E-state index >= 15 is 0 Å². The van der Waals surface area contributed by atoms with Crippen molar-refractivity contribution in [3.05, 3.63) is 30.3 Å². The van der Waals surface area contributed by atoms with Crippen LogP contribution in [0.1, 0.15) is 0 Å². The second kappa shape index (κ2) is 4.66. The molecular formula is C6H6Cl2N2P+. The van der Waals surface area contributed by atoms with Gasteiger partial charge in [0.15, 0.2) is 0 Å². The second-order valence-corrected chi connectivity index (χ2v) is 4.86. The van der Waals surface area contributed by atoms with Crippen LogP contribution in [0.5, 0.6) is 0 Å². The molecule has 0 unspecified atom stereocenters. The van der Waals surface area contributed by atoms with Gasteiger partial charge in [-0.3, -0.25) is 0 Å². The van der Waals surface area contributed by atoms with Gasteiger partial charge in [0.25, 0.3) is 6.78 Å². The third-order valence-corrected chi connectivity index (χ3v) is 1.73. The fraction of sp³-hybridized carbons (Fsp3) is 0. The Morgan fingerprint density at radius 3 is 2.36 bits per heavy atom. The Bertz CT molecular complexity index is 238. The quantitative estimate of drug-likeness (QED) is 0.571. The Morgan fingerprint density at radius 1 is 1.18 bits per heavy atom. The van der Waals surface area contributed by atoms with Crippen molar-refractivity contribution >= 4 is 34.9 Å². The second-order valence-electron chi connectivity index (χ2n) is 1.79. The highest BCUT2D eigenvalue weighted by Gasteiger charge is 1.98. The van der Waals surface area contributed by atoms with Gasteiger partial charge in [-0.15, -0.1) is 0 Å². The van der Waals surface area contributed by atoms with Crippen molar-refractivity contribution < 1.29 is 5.11 Å². The number of hydrogen-bond donors (Lipinski definition) is 1. The van der Waals surface area contributed by atoms with Crippen LogP contribution in [-0.4, -0.2) is 0 Å². The topological polar surface area (TPSA) is 26.3 Å². The van der Waals surface area contributed by atoms with Gasteiger partial charge in [0, 0.05) is 17.0 Å². The molecule has 0 aliphatic carbocycles. The summed E-state index contributed by atoms with van der Waals surface area (Å²) in [6.07, 6.45) is 0. The Hall–Kier alpha value is -0.170. The Labute approximate surface area is 75.6 Å². The van der Waals surface area contributed by atoms with Crippen LogP contribution in [0.15, 0.2) is 35.2 Å². The number of rotatable bonds is 2. The van der Waals surface area contributed by atoms with Gasteiger partial charge in [0.1, 0.15) is 0 Å². The maximum atomic E-state index is 5.43. The van der Waals surface area contributed by atoms with E-state index < -0.39 is 6.78 Å². The van der Waals surface area contributed by atoms with E-state index in [1.54, 1.807) is 0 Å². The minimum Gasteiger partial charge on any atom is -0.0986 e. The van der Waals surface area contributed by atoms with Crippen LogP contribution >= 0.6 is 29.3 Å². The van der Waals surface area contributed by atoms with Crippen molar-refractivity contribution in [2.75, 3.05) is 0 Å². The van der Waals surface area contributed by atoms with Gasteiger partial charge in [-0.05, 0) is 22.5 Å². The summed E-state index contributed by atoms with van der Waals surface area (Å²) in [6.45, 7) is -1.27. The normalized spacial score (nSPS) is 11.2. The molecule has 2 nitrogen and oxygen atoms in total. The zero-order valence-electron chi connectivity index (χ0n) is 5.54. The molecule has 0 bridgehead atoms. The summed E-state index contributed by atoms with van der Waals surface area (Å²) in [5.41, 5.74) is 0.890. The fourth-order valence-electron chi connectivity index (χ4n) is 0.608. The molecule has 5 heteroatoms. The van der Waals surface area contributed by atoms with E-state index in [-0.39, 0.29) is 0 Å². The molecule has 0 fully saturated rings. The van der Waals surface area contributed by atoms with Crippen LogP contribution < -0.4 is 5.11 Å². The number of para-hydroxylation sites is 1. The summed E-state index contributed by atoms with van der Waals surface area (Å²) < 4.78 is 0. The third-order valence-electron chi connectivity index (χ3n) is 1.03. The first-order valence-corrected chi connectivity index (χ1v) is 6.03. The molecule has 0 aromatic heterocycles. The lowest BCUT2D eigenvalue weighted by Gasteiger charge is -1.82. The predicted molar refractivity (Wildman–Crippen MR) is 48.1 cm³/mol. The number of halogens is 2. The van der Waals surface area contributed by atoms with Gasteiger partial charge in [-0.25, -0.2) is 0 Å². The van der Waals surface area contributed by atoms with E-state index in [2.05, 4.69) is 10.00 Å². The number of hydrogen-bond acceptors (Lipinski definition) is 1. The zero-order chi connectivity index (χ0) is 8.10. The van der Waals surface area contributed by atoms with Gasteiger partial charge in [-0.2, -0.15) is 0 Å². The van der Waals surface area contributed by atoms with Crippen LogP contribution in [0.3, 0.4) is 0 Å². The van der Waals surface area contributed by atoms with Crippen LogP contribution in [-0.2, 0) is 0 Å². The summed E-state index contributed by atoms with van der Waals surface area (Å²) in [4.78, 5) is 3.74. The molecule has 1 rings (SSSR count). The molecule has 58 valence electrons. The van der Waals surface area contributed by atoms with Crippen LogP contribution in [0.2, 0.25) is 0 Å². The summed E-state index contributed by atoms with van der Waals surface area (Å²) in [6, 6.07) is 9.51. The maximum Gasteiger partial charge on any atom is 0.280 e. The van der Waals surface area contributed by atoms with Crippen LogP contribution in [0.4, 0.5) is 5.69 Å². The lowest BCUT2D eigenvalue weighted by atomic mass is 10.3. The maximum absolute atomic E-state index is 5.43. The number of benzene rings is 1. The van der Waals surface area contributed by atoms with Gasteiger partial charge >= 0.3 is 0 Å². The summed E-state index contributed by atoms with van der Waals surface area (Å²) in [7, 11) is 0. The number of nitrogens with one attached hydrogen (secondary N) is 1. The van der Waals surface area contributed by atoms with Gasteiger partial charge in [0.2, 0.25) is 5.69 Å². The number of nitrogens with zero attached hydrogens (tertiary/aromatic N) is 1. The third kappa shape index (κ3) is 3.66. The molecular weight excluding hydrogens is 202 g/mol. The smallest absolute Gasteiger partial charge is 0.0986 e. The zero-order valence-corrected chi connectivity index (χ0v) is 7.94. The first-order chi connectivity index (χ1) is 5.29. The molecule has 0 atom stereocenters. The SMILES string of the molecule is ClP(Cl)N=[NH+]c1ccccc1. The largest absolute Gasteiger partial charge is 0.280 e. The highest BCUT2D eigenvalue weighted by Crippen LogP contribution is 2.46. The molecule has 0 saturated heterocycles. The minimum atomic E-state index is -1.27. The molecule has 1 aromatic rings. The Kier molecular flexibility index (Phi) is 3.78. The van der Waals surface area contributed by atoms with E-state index in [0.717, 1.165) is 5.69 Å². The van der Waals surface area contributed by atoms with Gasteiger partial charge < -0.3 is 0 Å². The van der Waals surface area contributed by atoms with Gasteiger partial charge in [0.05, 0.1) is 0 Å². The standard InChI is InChI=1S/C6H5Cl2N2P/c7-11(8)10-9-6-4-2-1-3-5-6/h1-5H/p+1. The molecule has 0 spiro atoms. The van der Waals surface area contributed by atoms with E-state index in [1.807, 2.05) is 30.3 Å². The molecule has 0 heterocycles. The fourth-order valence-corrected chi connectivity index (χ4v) is 1.03. The Balaban J connectivity index is 2.65. The lowest BCUT2D eigenvalue weighted by molar-refractivity contribution is -0.427. The molecule has 1 aromatic carbocycles. The van der Waals surface area contributed by atoms with Gasteiger partial charge in [-0.1, -0.05) is 23.3 Å². The summed E-state index contributed by atoms with van der Waals surface area (Å²) >= 11 is 10.9. The first-order valence-electron chi connectivity index (χ1n) is 2.92. The molecule has 0 amide bonds. The summed E-state index contributed by atoms with van der Waals surface area (Å²) in [5, 5.41) is 2.73. The van der Waals surface area contributed by atoms with Crippen molar-refractivity contribution in [2.45, 2.75) is 0 Å². The van der Waals surface area contributed by atoms with Crippen LogP contribution in [0, 0.1) is 0 Å². The Morgan fingerprint density at radius 2 is 1.82 bits per heavy atom. The first kappa shape index (κ1) is 8.92. The van der Waals surface area contributed by atoms with E-state index in [4.69, 9.17) is 22.5 Å². The monoisotopic (exact) mass is 207 g/mol.